The Morgan fingerprint density at radius 2 is 0.762 bits per heavy atom. The first-order valence-corrected chi connectivity index (χ1v) is 21.7. The third-order valence-corrected chi connectivity index (χ3v) is 13.0. The zero-order chi connectivity index (χ0) is 41.7. The Kier molecular flexibility index (Phi) is 8.76. The van der Waals surface area contributed by atoms with Crippen LogP contribution in [0, 0.1) is 0 Å². The van der Waals surface area contributed by atoms with E-state index in [1.165, 1.54) is 61.2 Å². The average molecular weight is 804 g/mol. The molecule has 0 saturated carbocycles. The molecule has 0 atom stereocenters. The molecule has 2 heteroatoms. The predicted octanol–water partition coefficient (Wildman–Crippen LogP) is 16.4. The molecule has 0 saturated heterocycles. The Morgan fingerprint density at radius 1 is 0.286 bits per heavy atom. The van der Waals surface area contributed by atoms with Crippen LogP contribution in [0.5, 0.6) is 0 Å². The molecule has 0 bridgehead atoms. The second kappa shape index (κ2) is 15.1. The molecular weight excluding hydrogens is 763 g/mol. The maximum Gasteiger partial charge on any atom is 0.137 e. The van der Waals surface area contributed by atoms with Crippen molar-refractivity contribution in [3.05, 3.63) is 271 Å². The fourth-order valence-electron chi connectivity index (χ4n) is 10.1. The lowest BCUT2D eigenvalue weighted by molar-refractivity contribution is 0.669. The molecule has 0 fully saturated rings. The maximum absolute atomic E-state index is 6.44. The molecule has 12 rings (SSSR count). The number of hydrogen-bond donors (Lipinski definition) is 0. The van der Waals surface area contributed by atoms with Crippen LogP contribution in [-0.2, 0) is 5.41 Å². The average Bonchev–Trinajstić information content (AvgIpc) is 3.88. The van der Waals surface area contributed by atoms with E-state index in [9.17, 15) is 0 Å². The Hall–Kier alpha value is -8.20. The van der Waals surface area contributed by atoms with E-state index in [-0.39, 0.29) is 0 Å². The Morgan fingerprint density at radius 3 is 1.43 bits per heavy atom. The molecule has 296 valence electrons. The topological polar surface area (TPSA) is 16.4 Å². The predicted molar refractivity (Wildman–Crippen MR) is 262 cm³/mol. The summed E-state index contributed by atoms with van der Waals surface area (Å²) in [7, 11) is 0. The van der Waals surface area contributed by atoms with Gasteiger partial charge in [-0.05, 0) is 121 Å². The summed E-state index contributed by atoms with van der Waals surface area (Å²) in [4.78, 5) is 2.33. The molecule has 0 unspecified atom stereocenters. The van der Waals surface area contributed by atoms with Crippen LogP contribution in [0.25, 0.3) is 66.4 Å². The van der Waals surface area contributed by atoms with Gasteiger partial charge >= 0.3 is 0 Å². The summed E-state index contributed by atoms with van der Waals surface area (Å²) in [6, 6.07) is 90.3. The SMILES string of the molecule is c1ccc(-c2ccc(N(c3ccc(-c4cc5c(cc4-c4ccccc4)-c4ccccc4C5(c4ccccc4)c4ccccc4)cc3)c3ccc4c(c3)oc3ccccc34)cc2)cc1. The van der Waals surface area contributed by atoms with Crippen LogP contribution in [0.15, 0.2) is 253 Å². The molecule has 0 spiro atoms. The third kappa shape index (κ3) is 6.02. The van der Waals surface area contributed by atoms with Crippen LogP contribution in [0.4, 0.5) is 17.1 Å². The summed E-state index contributed by atoms with van der Waals surface area (Å²) in [5, 5.41) is 2.23. The highest BCUT2D eigenvalue weighted by atomic mass is 16.3. The van der Waals surface area contributed by atoms with Crippen molar-refractivity contribution in [1.82, 2.24) is 0 Å². The molecule has 1 aliphatic rings. The number of furan rings is 1. The highest BCUT2D eigenvalue weighted by Crippen LogP contribution is 2.58. The second-order valence-electron chi connectivity index (χ2n) is 16.4. The molecule has 0 radical (unpaired) electrons. The standard InChI is InChI=1S/C61H41NO/c1-5-17-42(18-6-1)43-29-33-48(34-30-43)62(50-37-38-53-52-26-14-16-28-59(52)63-60(53)39-50)49-35-31-45(32-36-49)55-41-58-56(40-54(55)44-19-7-2-8-20-44)51-25-13-15-27-57(51)61(58,46-21-9-3-10-22-46)47-23-11-4-12-24-47/h1-41H. The quantitative estimate of drug-likeness (QED) is 0.152. The molecular formula is C61H41NO. The van der Waals surface area contributed by atoms with Crippen molar-refractivity contribution in [2.24, 2.45) is 0 Å². The molecule has 0 N–H and O–H groups in total. The first-order valence-electron chi connectivity index (χ1n) is 21.7. The molecule has 1 heterocycles. The Labute approximate surface area is 367 Å². The smallest absolute Gasteiger partial charge is 0.137 e. The van der Waals surface area contributed by atoms with Crippen LogP contribution in [0.2, 0.25) is 0 Å². The van der Waals surface area contributed by atoms with Crippen LogP contribution < -0.4 is 4.90 Å². The van der Waals surface area contributed by atoms with Gasteiger partial charge in [0.2, 0.25) is 0 Å². The van der Waals surface area contributed by atoms with E-state index < -0.39 is 5.41 Å². The van der Waals surface area contributed by atoms with E-state index in [0.29, 0.717) is 0 Å². The van der Waals surface area contributed by atoms with Gasteiger partial charge in [-0.2, -0.15) is 0 Å². The minimum absolute atomic E-state index is 0.504. The van der Waals surface area contributed by atoms with E-state index in [0.717, 1.165) is 44.6 Å². The van der Waals surface area contributed by atoms with Gasteiger partial charge in [-0.15, -0.1) is 0 Å². The van der Waals surface area contributed by atoms with E-state index >= 15 is 0 Å². The van der Waals surface area contributed by atoms with Crippen LogP contribution >= 0.6 is 0 Å². The van der Waals surface area contributed by atoms with Crippen molar-refractivity contribution in [2.75, 3.05) is 4.90 Å². The summed E-state index contributed by atoms with van der Waals surface area (Å²) in [5.41, 5.74) is 19.2. The lowest BCUT2D eigenvalue weighted by atomic mass is 9.67. The van der Waals surface area contributed by atoms with Crippen molar-refractivity contribution < 1.29 is 4.42 Å². The molecule has 0 amide bonds. The normalized spacial score (nSPS) is 12.6. The number of rotatable bonds is 8. The number of anilines is 3. The van der Waals surface area contributed by atoms with Crippen LogP contribution in [0.3, 0.4) is 0 Å². The van der Waals surface area contributed by atoms with Gasteiger partial charge in [0.15, 0.2) is 0 Å². The second-order valence-corrected chi connectivity index (χ2v) is 16.4. The van der Waals surface area contributed by atoms with Crippen molar-refractivity contribution in [3.8, 4) is 44.5 Å². The van der Waals surface area contributed by atoms with Gasteiger partial charge in [0.1, 0.15) is 11.2 Å². The van der Waals surface area contributed by atoms with E-state index in [4.69, 9.17) is 4.42 Å². The van der Waals surface area contributed by atoms with Gasteiger partial charge in [-0.25, -0.2) is 0 Å². The molecule has 10 aromatic carbocycles. The van der Waals surface area contributed by atoms with Gasteiger partial charge in [0, 0.05) is 33.9 Å². The number of benzene rings is 10. The van der Waals surface area contributed by atoms with E-state index in [2.05, 4.69) is 241 Å². The summed E-state index contributed by atoms with van der Waals surface area (Å²) < 4.78 is 6.44. The maximum atomic E-state index is 6.44. The van der Waals surface area contributed by atoms with Gasteiger partial charge in [-0.3, -0.25) is 0 Å². The summed E-state index contributed by atoms with van der Waals surface area (Å²) in [5.74, 6) is 0. The van der Waals surface area contributed by atoms with Crippen molar-refractivity contribution in [2.45, 2.75) is 5.41 Å². The Bertz CT molecular complexity index is 3370. The molecule has 1 aliphatic carbocycles. The van der Waals surface area contributed by atoms with Crippen molar-refractivity contribution in [1.29, 1.82) is 0 Å². The third-order valence-electron chi connectivity index (χ3n) is 13.0. The summed E-state index contributed by atoms with van der Waals surface area (Å²) in [6.07, 6.45) is 0. The molecule has 63 heavy (non-hydrogen) atoms. The molecule has 0 aliphatic heterocycles. The molecule has 1 aromatic heterocycles. The largest absolute Gasteiger partial charge is 0.456 e. The summed E-state index contributed by atoms with van der Waals surface area (Å²) >= 11 is 0. The number of para-hydroxylation sites is 1. The molecule has 11 aromatic rings. The van der Waals surface area contributed by atoms with Gasteiger partial charge in [0.05, 0.1) is 5.41 Å². The number of nitrogens with zero attached hydrogens (tertiary/aromatic N) is 1. The van der Waals surface area contributed by atoms with Gasteiger partial charge in [-0.1, -0.05) is 188 Å². The first-order chi connectivity index (χ1) is 31.2. The fraction of sp³-hybridized carbons (Fsp3) is 0.0164. The monoisotopic (exact) mass is 803 g/mol. The van der Waals surface area contributed by atoms with Gasteiger partial charge < -0.3 is 9.32 Å². The van der Waals surface area contributed by atoms with Gasteiger partial charge in [0.25, 0.3) is 0 Å². The van der Waals surface area contributed by atoms with Crippen LogP contribution in [0.1, 0.15) is 22.3 Å². The number of fused-ring (bicyclic) bond motifs is 6. The molecule has 2 nitrogen and oxygen atoms in total. The fourth-order valence-corrected chi connectivity index (χ4v) is 10.1. The highest BCUT2D eigenvalue weighted by Gasteiger charge is 2.46. The lowest BCUT2D eigenvalue weighted by Gasteiger charge is -2.34. The lowest BCUT2D eigenvalue weighted by Crippen LogP contribution is -2.28. The minimum Gasteiger partial charge on any atom is -0.456 e. The zero-order valence-electron chi connectivity index (χ0n) is 34.5. The van der Waals surface area contributed by atoms with E-state index in [1.807, 2.05) is 12.1 Å². The first kappa shape index (κ1) is 36.6. The highest BCUT2D eigenvalue weighted by molar-refractivity contribution is 6.06. The van der Waals surface area contributed by atoms with Crippen molar-refractivity contribution >= 4 is 39.0 Å². The Balaban J connectivity index is 1.04. The minimum atomic E-state index is -0.504. The number of hydrogen-bond acceptors (Lipinski definition) is 2. The van der Waals surface area contributed by atoms with Crippen LogP contribution in [-0.4, -0.2) is 0 Å². The zero-order valence-corrected chi connectivity index (χ0v) is 34.5. The van der Waals surface area contributed by atoms with E-state index in [1.54, 1.807) is 0 Å². The summed E-state index contributed by atoms with van der Waals surface area (Å²) in [6.45, 7) is 0. The van der Waals surface area contributed by atoms with Crippen molar-refractivity contribution in [3.63, 3.8) is 0 Å².